The van der Waals surface area contributed by atoms with Crippen LogP contribution < -0.4 is 0 Å². The number of esters is 1. The molecule has 0 aliphatic heterocycles. The Hall–Kier alpha value is -5.92. The van der Waals surface area contributed by atoms with Gasteiger partial charge in [0.25, 0.3) is 0 Å². The lowest BCUT2D eigenvalue weighted by Gasteiger charge is -2.12. The van der Waals surface area contributed by atoms with E-state index >= 15 is 0 Å². The van der Waals surface area contributed by atoms with Crippen LogP contribution in [0.25, 0.3) is 0 Å². The lowest BCUT2D eigenvalue weighted by molar-refractivity contribution is 0.0596. The van der Waals surface area contributed by atoms with E-state index in [1.165, 1.54) is 19.2 Å². The van der Waals surface area contributed by atoms with Gasteiger partial charge in [0.05, 0.1) is 42.8 Å². The molecule has 0 aliphatic rings. The topological polar surface area (TPSA) is 174 Å². The Balaban J connectivity index is 0.000000231. The monoisotopic (exact) mass is 866 g/mol. The van der Waals surface area contributed by atoms with Gasteiger partial charge in [0.1, 0.15) is 11.6 Å². The van der Waals surface area contributed by atoms with Crippen LogP contribution in [0.2, 0.25) is 10.3 Å². The molecule has 0 radical (unpaired) electrons. The van der Waals surface area contributed by atoms with Gasteiger partial charge in [0.15, 0.2) is 21.9 Å². The predicted octanol–water partition coefficient (Wildman–Crippen LogP) is 8.79. The molecule has 0 saturated heterocycles. The summed E-state index contributed by atoms with van der Waals surface area (Å²) in [6.07, 6.45) is 5.53. The number of carboxylic acids is 1. The fourth-order valence-corrected chi connectivity index (χ4v) is 7.29. The van der Waals surface area contributed by atoms with Crippen molar-refractivity contribution in [1.29, 1.82) is 0 Å². The molecular formula is C47H48Cl2N4O8. The van der Waals surface area contributed by atoms with Crippen LogP contribution >= 0.6 is 23.2 Å². The number of aryl methyl sites for hydroxylation is 2. The number of rotatable bonds is 18. The van der Waals surface area contributed by atoms with Gasteiger partial charge >= 0.3 is 11.9 Å². The first kappa shape index (κ1) is 46.2. The quantitative estimate of drug-likeness (QED) is 0.0560. The number of carbonyl (C=O) groups is 4. The zero-order valence-electron chi connectivity index (χ0n) is 34.2. The van der Waals surface area contributed by atoms with E-state index in [0.29, 0.717) is 51.5 Å². The Morgan fingerprint density at radius 1 is 0.590 bits per heavy atom. The van der Waals surface area contributed by atoms with E-state index in [2.05, 4.69) is 23.8 Å². The molecule has 0 fully saturated rings. The number of methoxy groups -OCH3 is 1. The maximum atomic E-state index is 13.0. The van der Waals surface area contributed by atoms with Gasteiger partial charge in [-0.2, -0.15) is 0 Å². The second-order valence-corrected chi connectivity index (χ2v) is 14.9. The van der Waals surface area contributed by atoms with Gasteiger partial charge in [-0.1, -0.05) is 135 Å². The van der Waals surface area contributed by atoms with Crippen molar-refractivity contribution in [2.45, 2.75) is 78.7 Å². The third kappa shape index (κ3) is 11.3. The van der Waals surface area contributed by atoms with E-state index < -0.39 is 11.9 Å². The number of hydrogen-bond donors (Lipinski definition) is 3. The lowest BCUT2D eigenvalue weighted by Crippen LogP contribution is -2.12. The van der Waals surface area contributed by atoms with Crippen LogP contribution in [0.15, 0.2) is 97.1 Å². The number of aliphatic hydroxyl groups is 2. The van der Waals surface area contributed by atoms with Crippen LogP contribution in [0.5, 0.6) is 0 Å². The third-order valence-electron chi connectivity index (χ3n) is 10.1. The Kier molecular flexibility index (Phi) is 16.7. The Morgan fingerprint density at radius 2 is 0.967 bits per heavy atom. The number of hydrogen-bond acceptors (Lipinski definition) is 9. The number of nitrogens with zero attached hydrogens (tertiary/aromatic N) is 4. The van der Waals surface area contributed by atoms with Crippen LogP contribution in [0.1, 0.15) is 126 Å². The standard InChI is InChI=1S/C24H25ClN2O4.C23H23ClN2O4/c1-3-4-9-21-26-23(25)20(15-28)27(21)14-16-10-12-17(13-11-16)22(29)18-7-5-6-8-19(18)24(30)31-2;1-2-3-8-20-25-22(24)19(14-27)26(20)13-15-9-11-16(12-10-15)21(28)17-6-4-5-7-18(17)23(29)30/h5-8,10-13,28H,3-4,9,14-15H2,1-2H3;4-7,9-12,27H,2-3,8,13-14H2,1H3,(H,29,30). The summed E-state index contributed by atoms with van der Waals surface area (Å²) < 4.78 is 8.62. The van der Waals surface area contributed by atoms with Gasteiger partial charge in [-0.3, -0.25) is 9.59 Å². The molecule has 14 heteroatoms. The maximum Gasteiger partial charge on any atom is 0.338 e. The molecule has 12 nitrogen and oxygen atoms in total. The van der Waals surface area contributed by atoms with E-state index in [0.717, 1.165) is 61.3 Å². The number of halogens is 2. The molecule has 2 heterocycles. The molecule has 4 aromatic carbocycles. The highest BCUT2D eigenvalue weighted by atomic mass is 35.5. The van der Waals surface area contributed by atoms with Crippen molar-refractivity contribution in [2.75, 3.05) is 7.11 Å². The summed E-state index contributed by atoms with van der Waals surface area (Å²) in [7, 11) is 1.29. The number of ether oxygens (including phenoxy) is 1. The second-order valence-electron chi connectivity index (χ2n) is 14.2. The highest BCUT2D eigenvalue weighted by Crippen LogP contribution is 2.24. The highest BCUT2D eigenvalue weighted by molar-refractivity contribution is 6.30. The molecule has 0 unspecified atom stereocenters. The number of carbonyl (C=O) groups excluding carboxylic acids is 3. The van der Waals surface area contributed by atoms with Crippen LogP contribution in [0.4, 0.5) is 0 Å². The highest BCUT2D eigenvalue weighted by Gasteiger charge is 2.21. The number of benzene rings is 4. The minimum absolute atomic E-state index is 0.0206. The number of carboxylic acid groups (broad SMARTS) is 1. The van der Waals surface area contributed by atoms with E-state index in [4.69, 9.17) is 27.9 Å². The van der Waals surface area contributed by atoms with Crippen molar-refractivity contribution >= 4 is 46.7 Å². The van der Waals surface area contributed by atoms with Crippen LogP contribution in [-0.4, -0.2) is 65.0 Å². The zero-order chi connectivity index (χ0) is 44.1. The molecule has 0 spiro atoms. The van der Waals surface area contributed by atoms with Gasteiger partial charge < -0.3 is 29.2 Å². The first-order chi connectivity index (χ1) is 29.4. The second kappa shape index (κ2) is 22.1. The van der Waals surface area contributed by atoms with Crippen LogP contribution in [0.3, 0.4) is 0 Å². The number of aliphatic hydroxyl groups excluding tert-OH is 2. The molecule has 6 rings (SSSR count). The van der Waals surface area contributed by atoms with Crippen molar-refractivity contribution in [2.24, 2.45) is 0 Å². The molecule has 2 aromatic heterocycles. The van der Waals surface area contributed by atoms with Crippen molar-refractivity contribution in [1.82, 2.24) is 19.1 Å². The summed E-state index contributed by atoms with van der Waals surface area (Å²) in [6.45, 7) is 4.76. The van der Waals surface area contributed by atoms with Crippen molar-refractivity contribution in [3.8, 4) is 0 Å². The number of imidazole rings is 2. The molecule has 0 bridgehead atoms. The fourth-order valence-electron chi connectivity index (χ4n) is 6.77. The SMILES string of the molecule is CCCCc1nc(Cl)c(CO)n1Cc1ccc(C(=O)c2ccccc2C(=O)O)cc1.CCCCc1nc(Cl)c(CO)n1Cc1ccc(C(=O)c2ccccc2C(=O)OC)cc1. The van der Waals surface area contributed by atoms with Gasteiger partial charge in [-0.25, -0.2) is 19.6 Å². The minimum Gasteiger partial charge on any atom is -0.478 e. The average molecular weight is 868 g/mol. The Bertz CT molecular complexity index is 2480. The summed E-state index contributed by atoms with van der Waals surface area (Å²) in [5.74, 6) is -0.621. The van der Waals surface area contributed by atoms with Gasteiger partial charge in [-0.15, -0.1) is 0 Å². The normalized spacial score (nSPS) is 10.9. The van der Waals surface area contributed by atoms with E-state index in [-0.39, 0.29) is 41.5 Å². The Morgan fingerprint density at radius 3 is 1.33 bits per heavy atom. The van der Waals surface area contributed by atoms with E-state index in [9.17, 15) is 34.5 Å². The van der Waals surface area contributed by atoms with Gasteiger partial charge in [-0.05, 0) is 36.1 Å². The number of ketones is 2. The van der Waals surface area contributed by atoms with Crippen LogP contribution in [-0.2, 0) is 43.9 Å². The lowest BCUT2D eigenvalue weighted by atomic mass is 9.97. The molecule has 6 aromatic rings. The first-order valence-corrected chi connectivity index (χ1v) is 20.7. The minimum atomic E-state index is -1.14. The largest absolute Gasteiger partial charge is 0.478 e. The average Bonchev–Trinajstić information content (AvgIpc) is 3.76. The molecule has 0 aliphatic carbocycles. The molecule has 0 amide bonds. The summed E-state index contributed by atoms with van der Waals surface area (Å²) in [5, 5.41) is 29.4. The summed E-state index contributed by atoms with van der Waals surface area (Å²) >= 11 is 12.4. The summed E-state index contributed by atoms with van der Waals surface area (Å²) in [5.41, 5.74) is 4.56. The zero-order valence-corrected chi connectivity index (χ0v) is 35.7. The van der Waals surface area contributed by atoms with Crippen molar-refractivity contribution in [3.05, 3.63) is 175 Å². The third-order valence-corrected chi connectivity index (χ3v) is 10.7. The summed E-state index contributed by atoms with van der Waals surface area (Å²) in [6, 6.07) is 26.9. The smallest absolute Gasteiger partial charge is 0.338 e. The number of aromatic carboxylic acids is 1. The molecule has 3 N–H and O–H groups in total. The Labute approximate surface area is 364 Å². The maximum absolute atomic E-state index is 13.0. The molecular weight excluding hydrogens is 819 g/mol. The first-order valence-electron chi connectivity index (χ1n) is 19.9. The van der Waals surface area contributed by atoms with Crippen molar-refractivity contribution < 1.29 is 39.2 Å². The van der Waals surface area contributed by atoms with Gasteiger partial charge in [0.2, 0.25) is 0 Å². The molecule has 318 valence electrons. The van der Waals surface area contributed by atoms with E-state index in [1.807, 2.05) is 33.4 Å². The number of aromatic nitrogens is 4. The molecule has 0 saturated carbocycles. The van der Waals surface area contributed by atoms with E-state index in [1.54, 1.807) is 60.7 Å². The molecule has 61 heavy (non-hydrogen) atoms. The van der Waals surface area contributed by atoms with Crippen LogP contribution in [0, 0.1) is 0 Å². The fraction of sp³-hybridized carbons (Fsp3) is 0.277. The van der Waals surface area contributed by atoms with Crippen molar-refractivity contribution in [3.63, 3.8) is 0 Å². The molecule has 0 atom stereocenters. The predicted molar refractivity (Wildman–Crippen MR) is 233 cm³/mol. The summed E-state index contributed by atoms with van der Waals surface area (Å²) in [4.78, 5) is 57.9. The number of unbranched alkanes of at least 4 members (excludes halogenated alkanes) is 2. The van der Waals surface area contributed by atoms with Gasteiger partial charge in [0, 0.05) is 48.2 Å².